The third-order valence-corrected chi connectivity index (χ3v) is 3.49. The number of para-hydroxylation sites is 1. The van der Waals surface area contributed by atoms with Crippen LogP contribution in [0.3, 0.4) is 0 Å². The van der Waals surface area contributed by atoms with Crippen LogP contribution in [0.4, 0.5) is 0 Å². The van der Waals surface area contributed by atoms with E-state index in [-0.39, 0.29) is 18.6 Å². The van der Waals surface area contributed by atoms with E-state index in [0.29, 0.717) is 24.5 Å². The lowest BCUT2D eigenvalue weighted by Gasteiger charge is -2.31. The Balaban J connectivity index is 1.90. The fourth-order valence-electron chi connectivity index (χ4n) is 2.20. The summed E-state index contributed by atoms with van der Waals surface area (Å²) in [5.41, 5.74) is 0.439. The minimum absolute atomic E-state index is 0.0491. The lowest BCUT2D eigenvalue weighted by atomic mass is 10.1. The van der Waals surface area contributed by atoms with E-state index >= 15 is 0 Å². The maximum Gasteiger partial charge on any atom is 0.260 e. The number of nitriles is 1. The van der Waals surface area contributed by atoms with Crippen molar-refractivity contribution in [2.75, 3.05) is 26.9 Å². The highest BCUT2D eigenvalue weighted by atomic mass is 16.5. The second-order valence-corrected chi connectivity index (χ2v) is 4.74. The van der Waals surface area contributed by atoms with Crippen LogP contribution in [0.25, 0.3) is 0 Å². The maximum absolute atomic E-state index is 12.1. The van der Waals surface area contributed by atoms with Crippen LogP contribution in [0.15, 0.2) is 24.3 Å². The van der Waals surface area contributed by atoms with E-state index in [1.807, 2.05) is 6.07 Å². The van der Waals surface area contributed by atoms with E-state index < -0.39 is 0 Å². The van der Waals surface area contributed by atoms with E-state index in [1.54, 1.807) is 36.2 Å². The number of benzene rings is 1. The zero-order valence-electron chi connectivity index (χ0n) is 11.5. The summed E-state index contributed by atoms with van der Waals surface area (Å²) in [5.74, 6) is 0.369. The Bertz CT molecular complexity index is 504. The van der Waals surface area contributed by atoms with Gasteiger partial charge in [0.05, 0.1) is 5.56 Å². The molecular weight excluding hydrogens is 256 g/mol. The quantitative estimate of drug-likeness (QED) is 0.836. The second kappa shape index (κ2) is 6.92. The van der Waals surface area contributed by atoms with Gasteiger partial charge in [0.2, 0.25) is 0 Å². The van der Waals surface area contributed by atoms with Crippen LogP contribution >= 0.6 is 0 Å². The van der Waals surface area contributed by atoms with Gasteiger partial charge in [-0.05, 0) is 25.0 Å². The number of carbonyl (C=O) groups excluding carboxylic acids is 1. The zero-order chi connectivity index (χ0) is 14.4. The molecule has 1 heterocycles. The number of ether oxygens (including phenoxy) is 2. The Morgan fingerprint density at radius 2 is 2.15 bits per heavy atom. The average Bonchev–Trinajstić information content (AvgIpc) is 2.53. The fourth-order valence-corrected chi connectivity index (χ4v) is 2.20. The molecule has 0 saturated carbocycles. The van der Waals surface area contributed by atoms with Crippen molar-refractivity contribution in [2.45, 2.75) is 18.9 Å². The average molecular weight is 274 g/mol. The van der Waals surface area contributed by atoms with Gasteiger partial charge in [0.1, 0.15) is 11.8 Å². The molecule has 1 aliphatic heterocycles. The Kier molecular flexibility index (Phi) is 4.97. The van der Waals surface area contributed by atoms with E-state index in [9.17, 15) is 4.79 Å². The van der Waals surface area contributed by atoms with Crippen LogP contribution in [0.1, 0.15) is 18.4 Å². The van der Waals surface area contributed by atoms with Crippen molar-refractivity contribution >= 4 is 5.91 Å². The van der Waals surface area contributed by atoms with Crippen molar-refractivity contribution in [3.63, 3.8) is 0 Å². The molecular formula is C15H18N2O3. The van der Waals surface area contributed by atoms with Gasteiger partial charge in [0.15, 0.2) is 6.61 Å². The summed E-state index contributed by atoms with van der Waals surface area (Å²) < 4.78 is 10.7. The summed E-state index contributed by atoms with van der Waals surface area (Å²) in [7, 11) is 1.79. The molecule has 1 saturated heterocycles. The molecule has 1 aliphatic rings. The Morgan fingerprint density at radius 3 is 2.85 bits per heavy atom. The number of hydrogen-bond donors (Lipinski definition) is 0. The number of likely N-dealkylation sites (N-methyl/N-ethyl adjacent to an activating group) is 1. The van der Waals surface area contributed by atoms with Gasteiger partial charge < -0.3 is 14.4 Å². The fraction of sp³-hybridized carbons (Fsp3) is 0.467. The first-order chi connectivity index (χ1) is 9.72. The van der Waals surface area contributed by atoms with Gasteiger partial charge in [-0.2, -0.15) is 5.26 Å². The van der Waals surface area contributed by atoms with Crippen molar-refractivity contribution in [1.29, 1.82) is 5.26 Å². The van der Waals surface area contributed by atoms with E-state index in [1.165, 1.54) is 0 Å². The largest absolute Gasteiger partial charge is 0.482 e. The first kappa shape index (κ1) is 14.4. The van der Waals surface area contributed by atoms with Crippen molar-refractivity contribution < 1.29 is 14.3 Å². The molecule has 1 amide bonds. The molecule has 0 bridgehead atoms. The molecule has 5 heteroatoms. The monoisotopic (exact) mass is 274 g/mol. The first-order valence-corrected chi connectivity index (χ1v) is 6.67. The van der Waals surface area contributed by atoms with Crippen molar-refractivity contribution in [1.82, 2.24) is 4.90 Å². The highest BCUT2D eigenvalue weighted by Gasteiger charge is 2.22. The third kappa shape index (κ3) is 3.49. The van der Waals surface area contributed by atoms with Crippen LogP contribution in [0.5, 0.6) is 5.75 Å². The van der Waals surface area contributed by atoms with Crippen molar-refractivity contribution in [3.05, 3.63) is 29.8 Å². The normalized spacial score (nSPS) is 15.4. The third-order valence-electron chi connectivity index (χ3n) is 3.49. The van der Waals surface area contributed by atoms with Crippen LogP contribution in [-0.2, 0) is 9.53 Å². The molecule has 0 aromatic heterocycles. The van der Waals surface area contributed by atoms with Gasteiger partial charge in [0, 0.05) is 26.3 Å². The van der Waals surface area contributed by atoms with Crippen molar-refractivity contribution in [2.24, 2.45) is 0 Å². The summed E-state index contributed by atoms with van der Waals surface area (Å²) in [5, 5.41) is 8.96. The van der Waals surface area contributed by atoms with Gasteiger partial charge >= 0.3 is 0 Å². The summed E-state index contributed by atoms with van der Waals surface area (Å²) in [4.78, 5) is 13.8. The molecule has 1 aromatic carbocycles. The standard InChI is InChI=1S/C15H18N2O3/c1-17(13-6-8-19-9-7-13)15(18)11-20-14-5-3-2-4-12(14)10-16/h2-5,13H,6-9,11H2,1H3. The van der Waals surface area contributed by atoms with Gasteiger partial charge in [0.25, 0.3) is 5.91 Å². The Morgan fingerprint density at radius 1 is 1.45 bits per heavy atom. The molecule has 0 aliphatic carbocycles. The molecule has 0 radical (unpaired) electrons. The van der Waals surface area contributed by atoms with Crippen LogP contribution in [0.2, 0.25) is 0 Å². The lowest BCUT2D eigenvalue weighted by molar-refractivity contribution is -0.135. The van der Waals surface area contributed by atoms with E-state index in [2.05, 4.69) is 0 Å². The predicted molar refractivity (Wildman–Crippen MR) is 73.3 cm³/mol. The molecule has 1 fully saturated rings. The second-order valence-electron chi connectivity index (χ2n) is 4.74. The summed E-state index contributed by atoms with van der Waals surface area (Å²) in [6.07, 6.45) is 1.72. The van der Waals surface area contributed by atoms with Gasteiger partial charge in [-0.1, -0.05) is 12.1 Å². The topological polar surface area (TPSA) is 62.6 Å². The van der Waals surface area contributed by atoms with Crippen LogP contribution < -0.4 is 4.74 Å². The minimum atomic E-state index is -0.0790. The van der Waals surface area contributed by atoms with E-state index in [4.69, 9.17) is 14.7 Å². The minimum Gasteiger partial charge on any atom is -0.482 e. The molecule has 5 nitrogen and oxygen atoms in total. The summed E-state index contributed by atoms with van der Waals surface area (Å²) in [6.45, 7) is 1.34. The molecule has 0 N–H and O–H groups in total. The van der Waals surface area contributed by atoms with Gasteiger partial charge in [-0.15, -0.1) is 0 Å². The highest BCUT2D eigenvalue weighted by Crippen LogP contribution is 2.17. The van der Waals surface area contributed by atoms with Crippen molar-refractivity contribution in [3.8, 4) is 11.8 Å². The molecule has 20 heavy (non-hydrogen) atoms. The van der Waals surface area contributed by atoms with E-state index in [0.717, 1.165) is 12.8 Å². The van der Waals surface area contributed by atoms with Gasteiger partial charge in [-0.3, -0.25) is 4.79 Å². The van der Waals surface area contributed by atoms with Crippen LogP contribution in [-0.4, -0.2) is 43.7 Å². The molecule has 2 rings (SSSR count). The number of rotatable bonds is 4. The molecule has 0 spiro atoms. The van der Waals surface area contributed by atoms with Gasteiger partial charge in [-0.25, -0.2) is 0 Å². The highest BCUT2D eigenvalue weighted by molar-refractivity contribution is 5.77. The Hall–Kier alpha value is -2.06. The first-order valence-electron chi connectivity index (χ1n) is 6.67. The number of nitrogens with zero attached hydrogens (tertiary/aromatic N) is 2. The number of amides is 1. The summed E-state index contributed by atoms with van der Waals surface area (Å²) in [6, 6.07) is 9.17. The molecule has 0 unspecified atom stereocenters. The molecule has 1 aromatic rings. The predicted octanol–water partition coefficient (Wildman–Crippen LogP) is 1.57. The smallest absolute Gasteiger partial charge is 0.260 e. The lowest BCUT2D eigenvalue weighted by Crippen LogP contribution is -2.42. The molecule has 0 atom stereocenters. The Labute approximate surface area is 118 Å². The zero-order valence-corrected chi connectivity index (χ0v) is 11.5. The summed E-state index contributed by atoms with van der Waals surface area (Å²) >= 11 is 0. The van der Waals surface area contributed by atoms with Crippen LogP contribution in [0, 0.1) is 11.3 Å². The maximum atomic E-state index is 12.1. The number of hydrogen-bond acceptors (Lipinski definition) is 4. The molecule has 106 valence electrons. The SMILES string of the molecule is CN(C(=O)COc1ccccc1C#N)C1CCOCC1. The number of carbonyl (C=O) groups is 1.